The molecular weight excluding hydrogens is 448 g/mol. The zero-order chi connectivity index (χ0) is 24.0. The first-order valence-corrected chi connectivity index (χ1v) is 12.0. The van der Waals surface area contributed by atoms with Gasteiger partial charge in [-0.05, 0) is 54.1 Å². The summed E-state index contributed by atoms with van der Waals surface area (Å²) in [5.41, 5.74) is 2.53. The van der Waals surface area contributed by atoms with E-state index in [2.05, 4.69) is 4.99 Å². The molecule has 0 heterocycles. The van der Waals surface area contributed by atoms with E-state index in [1.165, 1.54) is 17.6 Å². The molecule has 0 aliphatic heterocycles. The van der Waals surface area contributed by atoms with E-state index in [9.17, 15) is 13.5 Å². The second-order valence-electron chi connectivity index (χ2n) is 7.48. The van der Waals surface area contributed by atoms with Crippen LogP contribution >= 0.6 is 0 Å². The molecule has 0 aromatic heterocycles. The first-order chi connectivity index (χ1) is 16.5. The Morgan fingerprint density at radius 3 is 2.15 bits per heavy atom. The molecule has 0 aliphatic rings. The minimum Gasteiger partial charge on any atom is -0.504 e. The predicted molar refractivity (Wildman–Crippen MR) is 135 cm³/mol. The lowest BCUT2D eigenvalue weighted by atomic mass is 10.2. The van der Waals surface area contributed by atoms with Gasteiger partial charge in [0.1, 0.15) is 0 Å². The number of phenolic OH excluding ortho intramolecular Hbond substituents is 1. The fraction of sp³-hybridized carbons (Fsp3) is 0.0741. The maximum atomic E-state index is 13.5. The normalized spacial score (nSPS) is 11.4. The number of hydrogen-bond donors (Lipinski definition) is 1. The van der Waals surface area contributed by atoms with Crippen molar-refractivity contribution in [1.82, 2.24) is 0 Å². The SMILES string of the molecule is COc1cccc(C=Nc2ccc(N(Cc3ccccc3)S(=O)(=O)c3ccccc3)cc2)c1O. The Labute approximate surface area is 199 Å². The number of anilines is 1. The van der Waals surface area contributed by atoms with Crippen LogP contribution in [0.25, 0.3) is 0 Å². The van der Waals surface area contributed by atoms with Crippen molar-refractivity contribution < 1.29 is 18.3 Å². The summed E-state index contributed by atoms with van der Waals surface area (Å²) in [4.78, 5) is 4.63. The number of aromatic hydroxyl groups is 1. The molecule has 0 amide bonds. The van der Waals surface area contributed by atoms with E-state index in [1.54, 1.807) is 72.8 Å². The van der Waals surface area contributed by atoms with Gasteiger partial charge in [-0.25, -0.2) is 8.42 Å². The van der Waals surface area contributed by atoms with Crippen LogP contribution in [0, 0.1) is 0 Å². The lowest BCUT2D eigenvalue weighted by molar-refractivity contribution is 0.373. The van der Waals surface area contributed by atoms with Crippen molar-refractivity contribution in [3.05, 3.63) is 114 Å². The summed E-state index contributed by atoms with van der Waals surface area (Å²) in [6.07, 6.45) is 1.54. The molecule has 0 saturated heterocycles. The Balaban J connectivity index is 1.65. The van der Waals surface area contributed by atoms with E-state index >= 15 is 0 Å². The highest BCUT2D eigenvalue weighted by atomic mass is 32.2. The highest BCUT2D eigenvalue weighted by Crippen LogP contribution is 2.30. The summed E-state index contributed by atoms with van der Waals surface area (Å²) in [6.45, 7) is 0.193. The van der Waals surface area contributed by atoms with Crippen LogP contribution in [-0.4, -0.2) is 26.8 Å². The van der Waals surface area contributed by atoms with E-state index in [4.69, 9.17) is 4.74 Å². The number of sulfonamides is 1. The molecule has 0 saturated carbocycles. The van der Waals surface area contributed by atoms with Crippen LogP contribution < -0.4 is 9.04 Å². The van der Waals surface area contributed by atoms with Crippen LogP contribution in [0.5, 0.6) is 11.5 Å². The zero-order valence-electron chi connectivity index (χ0n) is 18.6. The first-order valence-electron chi connectivity index (χ1n) is 10.6. The number of phenols is 1. The predicted octanol–water partition coefficient (Wildman–Crippen LogP) is 5.55. The van der Waals surface area contributed by atoms with Crippen LogP contribution in [0.3, 0.4) is 0 Å². The summed E-state index contributed by atoms with van der Waals surface area (Å²) in [7, 11) is -2.30. The molecule has 0 unspecified atom stereocenters. The van der Waals surface area contributed by atoms with Crippen molar-refractivity contribution in [2.24, 2.45) is 4.99 Å². The molecule has 0 radical (unpaired) electrons. The van der Waals surface area contributed by atoms with Crippen molar-refractivity contribution in [1.29, 1.82) is 0 Å². The van der Waals surface area contributed by atoms with Gasteiger partial charge in [0.05, 0.1) is 29.9 Å². The average Bonchev–Trinajstić information content (AvgIpc) is 2.88. The number of methoxy groups -OCH3 is 1. The molecule has 0 spiro atoms. The molecule has 6 nitrogen and oxygen atoms in total. The Bertz CT molecular complexity index is 1370. The van der Waals surface area contributed by atoms with Gasteiger partial charge < -0.3 is 9.84 Å². The number of para-hydroxylation sites is 1. The Morgan fingerprint density at radius 2 is 1.50 bits per heavy atom. The number of rotatable bonds is 8. The largest absolute Gasteiger partial charge is 0.504 e. The van der Waals surface area contributed by atoms with Gasteiger partial charge in [0.15, 0.2) is 11.5 Å². The van der Waals surface area contributed by atoms with Crippen molar-refractivity contribution in [3.63, 3.8) is 0 Å². The zero-order valence-corrected chi connectivity index (χ0v) is 19.4. The summed E-state index contributed by atoms with van der Waals surface area (Å²) in [6, 6.07) is 29.9. The smallest absolute Gasteiger partial charge is 0.264 e. The first kappa shape index (κ1) is 23.1. The number of aliphatic imine (C=N–C) groups is 1. The van der Waals surface area contributed by atoms with Gasteiger partial charge >= 0.3 is 0 Å². The van der Waals surface area contributed by atoms with Gasteiger partial charge in [-0.3, -0.25) is 9.30 Å². The molecule has 4 aromatic carbocycles. The molecule has 4 aromatic rings. The van der Waals surface area contributed by atoms with E-state index in [1.807, 2.05) is 30.3 Å². The molecule has 0 bridgehead atoms. The Morgan fingerprint density at radius 1 is 0.853 bits per heavy atom. The van der Waals surface area contributed by atoms with Gasteiger partial charge in [-0.2, -0.15) is 0 Å². The number of benzene rings is 4. The van der Waals surface area contributed by atoms with Crippen LogP contribution in [0.15, 0.2) is 113 Å². The minimum absolute atomic E-state index is 0.00774. The van der Waals surface area contributed by atoms with Crippen molar-refractivity contribution in [2.75, 3.05) is 11.4 Å². The summed E-state index contributed by atoms with van der Waals surface area (Å²) >= 11 is 0. The van der Waals surface area contributed by atoms with Crippen LogP contribution in [0.2, 0.25) is 0 Å². The third kappa shape index (κ3) is 5.10. The molecule has 0 fully saturated rings. The fourth-order valence-electron chi connectivity index (χ4n) is 3.44. The molecule has 172 valence electrons. The molecule has 4 rings (SSSR count). The quantitative estimate of drug-likeness (QED) is 0.341. The van der Waals surface area contributed by atoms with Gasteiger partial charge in [0, 0.05) is 11.8 Å². The van der Waals surface area contributed by atoms with Crippen LogP contribution in [-0.2, 0) is 16.6 Å². The van der Waals surface area contributed by atoms with Gasteiger partial charge in [-0.15, -0.1) is 0 Å². The lowest BCUT2D eigenvalue weighted by Gasteiger charge is -2.25. The summed E-state index contributed by atoms with van der Waals surface area (Å²) in [5, 5.41) is 10.2. The molecule has 34 heavy (non-hydrogen) atoms. The van der Waals surface area contributed by atoms with Crippen molar-refractivity contribution in [3.8, 4) is 11.5 Å². The average molecular weight is 473 g/mol. The highest BCUT2D eigenvalue weighted by molar-refractivity contribution is 7.92. The maximum absolute atomic E-state index is 13.5. The Kier molecular flexibility index (Phi) is 6.94. The van der Waals surface area contributed by atoms with Gasteiger partial charge in [0.25, 0.3) is 10.0 Å². The van der Waals surface area contributed by atoms with Gasteiger partial charge in [-0.1, -0.05) is 54.6 Å². The lowest BCUT2D eigenvalue weighted by Crippen LogP contribution is -2.30. The highest BCUT2D eigenvalue weighted by Gasteiger charge is 2.25. The number of hydrogen-bond acceptors (Lipinski definition) is 5. The van der Waals surface area contributed by atoms with E-state index in [0.717, 1.165) is 5.56 Å². The molecule has 1 N–H and O–H groups in total. The summed E-state index contributed by atoms with van der Waals surface area (Å²) in [5.74, 6) is 0.371. The van der Waals surface area contributed by atoms with E-state index in [0.29, 0.717) is 22.7 Å². The summed E-state index contributed by atoms with van der Waals surface area (Å²) < 4.78 is 33.5. The molecular formula is C27H24N2O4S. The molecule has 7 heteroatoms. The Hall–Kier alpha value is -4.10. The van der Waals surface area contributed by atoms with Crippen LogP contribution in [0.4, 0.5) is 11.4 Å². The van der Waals surface area contributed by atoms with E-state index in [-0.39, 0.29) is 17.2 Å². The third-order valence-corrected chi connectivity index (χ3v) is 7.03. The third-order valence-electron chi connectivity index (χ3n) is 5.24. The second-order valence-corrected chi connectivity index (χ2v) is 9.35. The van der Waals surface area contributed by atoms with Crippen molar-refractivity contribution in [2.45, 2.75) is 11.4 Å². The second kappa shape index (κ2) is 10.2. The van der Waals surface area contributed by atoms with Crippen LogP contribution in [0.1, 0.15) is 11.1 Å². The molecule has 0 atom stereocenters. The number of nitrogens with zero attached hydrogens (tertiary/aromatic N) is 2. The molecule has 0 aliphatic carbocycles. The van der Waals surface area contributed by atoms with E-state index < -0.39 is 10.0 Å². The maximum Gasteiger partial charge on any atom is 0.264 e. The standard InChI is InChI=1S/C27H24N2O4S/c1-33-26-14-8-11-22(27(26)30)19-28-23-15-17-24(18-16-23)29(20-21-9-4-2-5-10-21)34(31,32)25-12-6-3-7-13-25/h2-19,30H,20H2,1H3. The number of ether oxygens (including phenoxy) is 1. The van der Waals surface area contributed by atoms with Crippen molar-refractivity contribution >= 4 is 27.6 Å². The minimum atomic E-state index is -3.79. The van der Waals surface area contributed by atoms with Gasteiger partial charge in [0.2, 0.25) is 0 Å². The fourth-order valence-corrected chi connectivity index (χ4v) is 4.92. The topological polar surface area (TPSA) is 79.2 Å². The monoisotopic (exact) mass is 472 g/mol.